The van der Waals surface area contributed by atoms with E-state index in [2.05, 4.69) is 22.0 Å². The van der Waals surface area contributed by atoms with Crippen molar-refractivity contribution in [3.05, 3.63) is 94.5 Å². The predicted molar refractivity (Wildman–Crippen MR) is 177 cm³/mol. The summed E-state index contributed by atoms with van der Waals surface area (Å²) >= 11 is 6.20. The Morgan fingerprint density at radius 3 is 2.49 bits per heavy atom. The minimum absolute atomic E-state index is 0.0834. The number of rotatable bonds is 13. The second-order valence-electron chi connectivity index (χ2n) is 11.7. The fourth-order valence-electron chi connectivity index (χ4n) is 5.77. The van der Waals surface area contributed by atoms with Gasteiger partial charge in [-0.2, -0.15) is 0 Å². The van der Waals surface area contributed by atoms with Crippen LogP contribution in [0.5, 0.6) is 0 Å². The number of β-amino-alcohol motifs (C(OH)–C–C–N with tert-alkyl or cyclic N) is 1. The van der Waals surface area contributed by atoms with E-state index >= 15 is 0 Å². The summed E-state index contributed by atoms with van der Waals surface area (Å²) in [5.41, 5.74) is 3.80. The van der Waals surface area contributed by atoms with Crippen molar-refractivity contribution < 1.29 is 19.0 Å². The highest BCUT2D eigenvalue weighted by atomic mass is 35.5. The summed E-state index contributed by atoms with van der Waals surface area (Å²) in [7, 11) is -2.95. The fraction of sp³-hybridized carbons (Fsp3) is 0.424. The van der Waals surface area contributed by atoms with Gasteiger partial charge in [-0.3, -0.25) is 18.2 Å². The van der Waals surface area contributed by atoms with Gasteiger partial charge in [0.25, 0.3) is 5.91 Å². The average Bonchev–Trinajstić information content (AvgIpc) is 3.75. The van der Waals surface area contributed by atoms with Crippen molar-refractivity contribution in [3.63, 3.8) is 0 Å². The van der Waals surface area contributed by atoms with Gasteiger partial charge < -0.3 is 21.1 Å². The van der Waals surface area contributed by atoms with Gasteiger partial charge in [-0.05, 0) is 86.9 Å². The lowest BCUT2D eigenvalue weighted by atomic mass is 9.99. The fourth-order valence-corrected chi connectivity index (χ4v) is 7.66. The number of benzene rings is 3. The Hall–Kier alpha value is -2.79. The summed E-state index contributed by atoms with van der Waals surface area (Å²) in [5, 5.41) is 22.1. The van der Waals surface area contributed by atoms with E-state index < -0.39 is 22.9 Å². The van der Waals surface area contributed by atoms with E-state index in [1.54, 1.807) is 16.4 Å². The molecule has 2 aliphatic rings. The first-order valence-electron chi connectivity index (χ1n) is 15.1. The van der Waals surface area contributed by atoms with Gasteiger partial charge in [0.15, 0.2) is 0 Å². The molecule has 6 N–H and O–H groups in total. The maximum atomic E-state index is 13.8. The number of anilines is 2. The number of carbonyl (C=O) groups excluding carboxylic acids is 1. The molecule has 3 aromatic carbocycles. The zero-order valence-corrected chi connectivity index (χ0v) is 26.2. The molecule has 2 atom stereocenters. The maximum absolute atomic E-state index is 13.8. The molecule has 2 fully saturated rings. The van der Waals surface area contributed by atoms with Crippen molar-refractivity contribution in [1.29, 1.82) is 0 Å². The van der Waals surface area contributed by atoms with E-state index in [1.165, 1.54) is 0 Å². The van der Waals surface area contributed by atoms with Crippen LogP contribution < -0.4 is 20.3 Å². The zero-order chi connectivity index (χ0) is 30.5. The van der Waals surface area contributed by atoms with E-state index in [0.717, 1.165) is 48.9 Å². The van der Waals surface area contributed by atoms with Crippen LogP contribution in [0.4, 0.5) is 11.4 Å². The Labute approximate surface area is 261 Å². The summed E-state index contributed by atoms with van der Waals surface area (Å²) in [4.78, 5) is 13.8. The third kappa shape index (κ3) is 8.44. The topological polar surface area (TPSA) is 117 Å². The Morgan fingerprint density at radius 1 is 1.02 bits per heavy atom. The number of hydrogen-bond acceptors (Lipinski definition) is 7. The standard InChI is InChI=1S/C33H43ClN4O4S/c1-2-35-28-19-26(20-29(21-28)38-15-6-7-16-43(38,41)42)32(40)37-30(18-24-9-4-3-5-10-24)31(39)23-36-33(13-14-33)22-25-11-8-12-27(34)17-25/h3-5,8-12,17,19-21,30-31,35-36,39,41-42H,2,6-7,13-16,18,22-23H2,1H3,(H,37,40). The molecule has 0 aromatic heterocycles. The maximum Gasteiger partial charge on any atom is 0.251 e. The van der Waals surface area contributed by atoms with Crippen LogP contribution in [0.1, 0.15) is 54.1 Å². The quantitative estimate of drug-likeness (QED) is 0.136. The third-order valence-electron chi connectivity index (χ3n) is 8.28. The molecular weight excluding hydrogens is 584 g/mol. The minimum Gasteiger partial charge on any atom is -0.390 e. The van der Waals surface area contributed by atoms with E-state index in [-0.39, 0.29) is 11.4 Å². The molecule has 10 heteroatoms. The molecule has 2 unspecified atom stereocenters. The van der Waals surface area contributed by atoms with E-state index in [0.29, 0.717) is 48.1 Å². The Balaban J connectivity index is 1.33. The van der Waals surface area contributed by atoms with Crippen molar-refractivity contribution >= 4 is 39.7 Å². The summed E-state index contributed by atoms with van der Waals surface area (Å²) in [5.74, 6) is -0.00793. The Morgan fingerprint density at radius 2 is 1.79 bits per heavy atom. The van der Waals surface area contributed by atoms with Crippen molar-refractivity contribution in [2.45, 2.75) is 63.1 Å². The molecule has 8 nitrogen and oxygen atoms in total. The highest BCUT2D eigenvalue weighted by Crippen LogP contribution is 2.50. The molecule has 5 rings (SSSR count). The largest absolute Gasteiger partial charge is 0.390 e. The molecule has 0 bridgehead atoms. The van der Waals surface area contributed by atoms with Crippen LogP contribution in [-0.4, -0.2) is 63.2 Å². The van der Waals surface area contributed by atoms with Crippen LogP contribution in [0.2, 0.25) is 5.02 Å². The molecule has 1 heterocycles. The van der Waals surface area contributed by atoms with Crippen LogP contribution in [0.15, 0.2) is 72.8 Å². The second kappa shape index (κ2) is 13.9. The highest BCUT2D eigenvalue weighted by molar-refractivity contribution is 8.25. The van der Waals surface area contributed by atoms with Crippen LogP contribution >= 0.6 is 22.4 Å². The summed E-state index contributed by atoms with van der Waals surface area (Å²) in [6, 6.07) is 22.5. The molecular formula is C33H43ClN4O4S. The lowest BCUT2D eigenvalue weighted by molar-refractivity contribution is 0.0822. The molecule has 232 valence electrons. The van der Waals surface area contributed by atoms with Crippen molar-refractivity contribution in [3.8, 4) is 0 Å². The van der Waals surface area contributed by atoms with Gasteiger partial charge in [-0.1, -0.05) is 54.1 Å². The minimum atomic E-state index is -2.95. The lowest BCUT2D eigenvalue weighted by Gasteiger charge is -2.47. The molecule has 1 saturated heterocycles. The van der Waals surface area contributed by atoms with E-state index in [9.17, 15) is 19.0 Å². The van der Waals surface area contributed by atoms with Crippen molar-refractivity contribution in [2.75, 3.05) is 35.0 Å². The van der Waals surface area contributed by atoms with Gasteiger partial charge in [0, 0.05) is 41.4 Å². The van der Waals surface area contributed by atoms with Gasteiger partial charge in [0.1, 0.15) is 0 Å². The number of aliphatic hydroxyl groups is 1. The Bertz CT molecular complexity index is 1390. The molecule has 1 aliphatic heterocycles. The number of hydrogen-bond donors (Lipinski definition) is 6. The SMILES string of the molecule is CCNc1cc(C(=O)NC(Cc2ccccc2)C(O)CNC2(Cc3cccc(Cl)c3)CC2)cc(N2CCCCS2(O)O)c1. The molecule has 1 saturated carbocycles. The number of nitrogens with one attached hydrogen (secondary N) is 3. The number of carbonyl (C=O) groups is 1. The summed E-state index contributed by atoms with van der Waals surface area (Å²) < 4.78 is 23.1. The smallest absolute Gasteiger partial charge is 0.251 e. The van der Waals surface area contributed by atoms with E-state index in [4.69, 9.17) is 11.6 Å². The van der Waals surface area contributed by atoms with Crippen LogP contribution in [-0.2, 0) is 12.8 Å². The number of nitrogens with zero attached hydrogens (tertiary/aromatic N) is 1. The monoisotopic (exact) mass is 626 g/mol. The van der Waals surface area contributed by atoms with Crippen molar-refractivity contribution in [2.24, 2.45) is 0 Å². The van der Waals surface area contributed by atoms with Gasteiger partial charge in [-0.15, -0.1) is 10.8 Å². The first-order valence-corrected chi connectivity index (χ1v) is 17.2. The van der Waals surface area contributed by atoms with Crippen LogP contribution in [0.3, 0.4) is 0 Å². The second-order valence-corrected chi connectivity index (χ2v) is 14.3. The van der Waals surface area contributed by atoms with Gasteiger partial charge in [0.05, 0.1) is 23.6 Å². The molecule has 0 radical (unpaired) electrons. The molecule has 43 heavy (non-hydrogen) atoms. The normalized spacial score (nSPS) is 19.2. The third-order valence-corrected chi connectivity index (χ3v) is 10.5. The number of halogens is 1. The summed E-state index contributed by atoms with van der Waals surface area (Å²) in [6.07, 6.45) is 4.07. The first kappa shape index (κ1) is 31.6. The van der Waals surface area contributed by atoms with Crippen LogP contribution in [0.25, 0.3) is 0 Å². The van der Waals surface area contributed by atoms with Crippen LogP contribution in [0, 0.1) is 0 Å². The summed E-state index contributed by atoms with van der Waals surface area (Å²) in [6.45, 7) is 3.46. The molecule has 0 spiro atoms. The van der Waals surface area contributed by atoms with E-state index in [1.807, 2.05) is 61.5 Å². The van der Waals surface area contributed by atoms with Crippen molar-refractivity contribution in [1.82, 2.24) is 10.6 Å². The highest BCUT2D eigenvalue weighted by Gasteiger charge is 2.42. The average molecular weight is 627 g/mol. The molecule has 1 amide bonds. The molecule has 1 aliphatic carbocycles. The predicted octanol–water partition coefficient (Wildman–Crippen LogP) is 6.10. The first-order chi connectivity index (χ1) is 20.7. The number of aliphatic hydroxyl groups excluding tert-OH is 1. The lowest BCUT2D eigenvalue weighted by Crippen LogP contribution is -2.51. The molecule has 3 aromatic rings. The number of amides is 1. The van der Waals surface area contributed by atoms with Gasteiger partial charge >= 0.3 is 0 Å². The zero-order valence-electron chi connectivity index (χ0n) is 24.6. The Kier molecular flexibility index (Phi) is 10.2. The van der Waals surface area contributed by atoms with Gasteiger partial charge in [0.2, 0.25) is 0 Å². The van der Waals surface area contributed by atoms with Gasteiger partial charge in [-0.25, -0.2) is 0 Å².